The second-order valence-corrected chi connectivity index (χ2v) is 21.1. The molecule has 0 atom stereocenters. The van der Waals surface area contributed by atoms with Crippen molar-refractivity contribution in [2.24, 2.45) is 0 Å². The second kappa shape index (κ2) is 11.1. The molecule has 0 aliphatic rings. The fraction of sp³-hybridized carbons (Fsp3) is 0.308. The summed E-state index contributed by atoms with van der Waals surface area (Å²) in [5.74, 6) is 6.21. The summed E-state index contributed by atoms with van der Waals surface area (Å²) in [6, 6.07) is 7.34. The molecule has 0 amide bonds. The summed E-state index contributed by atoms with van der Waals surface area (Å²) < 4.78 is 12.3. The van der Waals surface area contributed by atoms with Gasteiger partial charge in [-0.15, -0.1) is 11.1 Å². The van der Waals surface area contributed by atoms with E-state index in [1.807, 2.05) is 24.3 Å². The minimum atomic E-state index is -1.63. The Bertz CT molecular complexity index is 1170. The van der Waals surface area contributed by atoms with Crippen LogP contribution in [0.3, 0.4) is 0 Å². The van der Waals surface area contributed by atoms with Crippen LogP contribution < -0.4 is 9.47 Å². The molecule has 0 aliphatic carbocycles. The first-order chi connectivity index (χ1) is 15.6. The molecule has 2 aromatic carbocycles. The quantitative estimate of drug-likeness (QED) is 0.158. The molecule has 0 bridgehead atoms. The van der Waals surface area contributed by atoms with Gasteiger partial charge in [0.25, 0.3) is 0 Å². The van der Waals surface area contributed by atoms with Gasteiger partial charge in [-0.2, -0.15) is 0 Å². The molecule has 0 unspecified atom stereocenters. The third-order valence-corrected chi connectivity index (χ3v) is 6.96. The number of rotatable bonds is 3. The molecule has 34 heavy (non-hydrogen) atoms. The van der Waals surface area contributed by atoms with E-state index in [1.165, 1.54) is 13.8 Å². The molecule has 8 heteroatoms. The molecule has 0 saturated heterocycles. The van der Waals surface area contributed by atoms with Gasteiger partial charge in [-0.05, 0) is 56.1 Å². The Labute approximate surface area is 221 Å². The van der Waals surface area contributed by atoms with Crippen molar-refractivity contribution in [3.8, 4) is 45.6 Å². The first-order valence-electron chi connectivity index (χ1n) is 10.7. The highest BCUT2D eigenvalue weighted by atomic mass is 79.9. The SMILES string of the molecule is CC(=O)Oc1c(Br)cc(C#C[Si](C)(C)C)cc1-c1cc(C#C[Si](C)(C)C)cc(Br)c1OC(C)=O. The maximum absolute atomic E-state index is 11.9. The number of carbonyl (C=O) groups is 2. The average Bonchev–Trinajstić information content (AvgIpc) is 2.66. The molecule has 0 radical (unpaired) electrons. The summed E-state index contributed by atoms with van der Waals surface area (Å²) >= 11 is 7.08. The number of benzene rings is 2. The normalized spacial score (nSPS) is 11.0. The van der Waals surface area contributed by atoms with E-state index in [2.05, 4.69) is 94.1 Å². The molecule has 0 saturated carbocycles. The first-order valence-corrected chi connectivity index (χ1v) is 19.2. The summed E-state index contributed by atoms with van der Waals surface area (Å²) in [5.41, 5.74) is 9.36. The molecule has 2 aromatic rings. The zero-order chi connectivity index (χ0) is 25.8. The van der Waals surface area contributed by atoms with Crippen molar-refractivity contribution in [2.45, 2.75) is 53.1 Å². The molecule has 0 spiro atoms. The number of ether oxygens (including phenoxy) is 2. The molecular formula is C26H28Br2O4Si2. The van der Waals surface area contributed by atoms with Gasteiger partial charge in [0, 0.05) is 36.1 Å². The predicted molar refractivity (Wildman–Crippen MR) is 150 cm³/mol. The fourth-order valence-electron chi connectivity index (χ4n) is 2.75. The molecule has 4 nitrogen and oxygen atoms in total. The van der Waals surface area contributed by atoms with Gasteiger partial charge in [0.05, 0.1) is 8.95 Å². The van der Waals surface area contributed by atoms with Crippen LogP contribution in [0.4, 0.5) is 0 Å². The summed E-state index contributed by atoms with van der Waals surface area (Å²) in [4.78, 5) is 23.8. The molecule has 0 heterocycles. The molecule has 0 N–H and O–H groups in total. The van der Waals surface area contributed by atoms with Crippen molar-refractivity contribution in [1.82, 2.24) is 0 Å². The Morgan fingerprint density at radius 2 is 1.00 bits per heavy atom. The summed E-state index contributed by atoms with van der Waals surface area (Å²) in [6.07, 6.45) is 0. The summed E-state index contributed by atoms with van der Waals surface area (Å²) in [7, 11) is -3.25. The predicted octanol–water partition coefficient (Wildman–Crippen LogP) is 7.19. The van der Waals surface area contributed by atoms with E-state index in [0.717, 1.165) is 11.1 Å². The lowest BCUT2D eigenvalue weighted by Crippen LogP contribution is -2.16. The van der Waals surface area contributed by atoms with Gasteiger partial charge >= 0.3 is 11.9 Å². The van der Waals surface area contributed by atoms with E-state index in [1.54, 1.807) is 0 Å². The van der Waals surface area contributed by atoms with Crippen molar-refractivity contribution in [2.75, 3.05) is 0 Å². The van der Waals surface area contributed by atoms with Crippen LogP contribution in [0.1, 0.15) is 25.0 Å². The van der Waals surface area contributed by atoms with Gasteiger partial charge in [-0.1, -0.05) is 51.1 Å². The third kappa shape index (κ3) is 8.59. The van der Waals surface area contributed by atoms with Crippen molar-refractivity contribution in [3.63, 3.8) is 0 Å². The number of halogens is 2. The Kier molecular flexibility index (Phi) is 9.18. The largest absolute Gasteiger partial charge is 0.425 e. The Morgan fingerprint density at radius 3 is 1.26 bits per heavy atom. The third-order valence-electron chi connectivity index (χ3n) is 4.03. The number of hydrogen-bond donors (Lipinski definition) is 0. The molecule has 2 rings (SSSR count). The molecule has 0 aromatic heterocycles. The Balaban J connectivity index is 2.93. The zero-order valence-electron chi connectivity index (χ0n) is 20.7. The maximum Gasteiger partial charge on any atom is 0.308 e. The van der Waals surface area contributed by atoms with Crippen molar-refractivity contribution < 1.29 is 19.1 Å². The first kappa shape index (κ1) is 28.1. The zero-order valence-corrected chi connectivity index (χ0v) is 25.9. The van der Waals surface area contributed by atoms with Gasteiger partial charge < -0.3 is 9.47 Å². The van der Waals surface area contributed by atoms with Gasteiger partial charge in [-0.25, -0.2) is 0 Å². The van der Waals surface area contributed by atoms with E-state index in [0.29, 0.717) is 31.6 Å². The highest BCUT2D eigenvalue weighted by Crippen LogP contribution is 2.45. The van der Waals surface area contributed by atoms with E-state index in [9.17, 15) is 9.59 Å². The van der Waals surface area contributed by atoms with E-state index in [4.69, 9.17) is 9.47 Å². The fourth-order valence-corrected chi connectivity index (χ4v) is 4.87. The standard InChI is InChI=1S/C26H28Br2O4Si2/c1-17(29)31-25-21(13-19(15-23(25)27)9-11-33(3,4)5)22-14-20(10-12-34(6,7)8)16-24(28)26(22)32-18(2)30/h13-16H,1-8H3. The van der Waals surface area contributed by atoms with Crippen LogP contribution in [0, 0.1) is 22.9 Å². The minimum Gasteiger partial charge on any atom is -0.425 e. The lowest BCUT2D eigenvalue weighted by atomic mass is 9.99. The molecule has 178 valence electrons. The van der Waals surface area contributed by atoms with Crippen LogP contribution in [-0.4, -0.2) is 28.1 Å². The Hall–Kier alpha value is -2.11. The van der Waals surface area contributed by atoms with Crippen LogP contribution in [0.15, 0.2) is 33.2 Å². The minimum absolute atomic E-state index is 0.321. The van der Waals surface area contributed by atoms with Crippen LogP contribution >= 0.6 is 31.9 Å². The highest BCUT2D eigenvalue weighted by molar-refractivity contribution is 9.11. The molecule has 0 aliphatic heterocycles. The topological polar surface area (TPSA) is 52.6 Å². The monoisotopic (exact) mass is 618 g/mol. The highest BCUT2D eigenvalue weighted by Gasteiger charge is 2.22. The second-order valence-electron chi connectivity index (χ2n) is 9.86. The van der Waals surface area contributed by atoms with Gasteiger partial charge in [-0.3, -0.25) is 9.59 Å². The lowest BCUT2D eigenvalue weighted by molar-refractivity contribution is -0.133. The van der Waals surface area contributed by atoms with E-state index >= 15 is 0 Å². The van der Waals surface area contributed by atoms with Crippen LogP contribution in [-0.2, 0) is 9.59 Å². The van der Waals surface area contributed by atoms with Crippen LogP contribution in [0.2, 0.25) is 39.3 Å². The van der Waals surface area contributed by atoms with Crippen LogP contribution in [0.5, 0.6) is 11.5 Å². The summed E-state index contributed by atoms with van der Waals surface area (Å²) in [6.45, 7) is 15.7. The average molecular weight is 620 g/mol. The smallest absolute Gasteiger partial charge is 0.308 e. The molecular weight excluding hydrogens is 592 g/mol. The maximum atomic E-state index is 11.9. The number of hydrogen-bond acceptors (Lipinski definition) is 4. The lowest BCUT2D eigenvalue weighted by Gasteiger charge is -2.17. The number of esters is 2. The van der Waals surface area contributed by atoms with Gasteiger partial charge in [0.15, 0.2) is 11.5 Å². The number of carbonyl (C=O) groups excluding carboxylic acids is 2. The van der Waals surface area contributed by atoms with E-state index < -0.39 is 28.1 Å². The van der Waals surface area contributed by atoms with Crippen LogP contribution in [0.25, 0.3) is 11.1 Å². The Morgan fingerprint density at radius 1 is 0.676 bits per heavy atom. The van der Waals surface area contributed by atoms with Crippen molar-refractivity contribution >= 4 is 59.9 Å². The summed E-state index contributed by atoms with van der Waals surface area (Å²) in [5, 5.41) is 0. The van der Waals surface area contributed by atoms with Crippen molar-refractivity contribution in [1.29, 1.82) is 0 Å². The van der Waals surface area contributed by atoms with Gasteiger partial charge in [0.1, 0.15) is 16.1 Å². The van der Waals surface area contributed by atoms with Crippen molar-refractivity contribution in [3.05, 3.63) is 44.3 Å². The molecule has 0 fully saturated rings. The van der Waals surface area contributed by atoms with E-state index in [-0.39, 0.29) is 0 Å². The van der Waals surface area contributed by atoms with Gasteiger partial charge in [0.2, 0.25) is 0 Å².